The molecule has 0 radical (unpaired) electrons. The van der Waals surface area contributed by atoms with Gasteiger partial charge in [-0.1, -0.05) is 18.2 Å². The highest BCUT2D eigenvalue weighted by Gasteiger charge is 2.12. The zero-order valence-electron chi connectivity index (χ0n) is 15.0. The molecule has 0 unspecified atom stereocenters. The van der Waals surface area contributed by atoms with E-state index in [1.165, 1.54) is 0 Å². The lowest BCUT2D eigenvalue weighted by Gasteiger charge is -2.19. The average molecular weight is 366 g/mol. The van der Waals surface area contributed by atoms with Gasteiger partial charge in [0.2, 0.25) is 0 Å². The number of amides is 2. The van der Waals surface area contributed by atoms with E-state index >= 15 is 0 Å². The van der Waals surface area contributed by atoms with Crippen molar-refractivity contribution in [2.45, 2.75) is 19.4 Å². The van der Waals surface area contributed by atoms with Crippen LogP contribution < -0.4 is 20.1 Å². The van der Waals surface area contributed by atoms with Crippen molar-refractivity contribution in [2.75, 3.05) is 19.8 Å². The minimum atomic E-state index is -0.186. The summed E-state index contributed by atoms with van der Waals surface area (Å²) in [5.74, 6) is 2.42. The Bertz CT molecular complexity index is 905. The summed E-state index contributed by atoms with van der Waals surface area (Å²) in [6.45, 7) is 2.15. The molecule has 140 valence electrons. The Balaban J connectivity index is 1.18. The van der Waals surface area contributed by atoms with Crippen molar-refractivity contribution in [3.05, 3.63) is 53.9 Å². The molecule has 2 aromatic carbocycles. The summed E-state index contributed by atoms with van der Waals surface area (Å²) in [6.07, 6.45) is 1.61. The van der Waals surface area contributed by atoms with Crippen molar-refractivity contribution in [1.82, 2.24) is 20.6 Å². The number of H-pyrrole nitrogens is 1. The third-order valence-corrected chi connectivity index (χ3v) is 4.37. The van der Waals surface area contributed by atoms with Crippen LogP contribution in [-0.2, 0) is 13.0 Å². The van der Waals surface area contributed by atoms with E-state index in [1.54, 1.807) is 0 Å². The van der Waals surface area contributed by atoms with Crippen molar-refractivity contribution in [3.63, 3.8) is 0 Å². The number of aryl methyl sites for hydroxylation is 1. The summed E-state index contributed by atoms with van der Waals surface area (Å²) in [4.78, 5) is 19.8. The van der Waals surface area contributed by atoms with E-state index < -0.39 is 0 Å². The third kappa shape index (κ3) is 4.31. The summed E-state index contributed by atoms with van der Waals surface area (Å²) >= 11 is 0. The number of rotatable bonds is 6. The second-order valence-electron chi connectivity index (χ2n) is 6.39. The van der Waals surface area contributed by atoms with Gasteiger partial charge in [0.25, 0.3) is 0 Å². The topological polar surface area (TPSA) is 88.3 Å². The van der Waals surface area contributed by atoms with Gasteiger partial charge in [0, 0.05) is 19.5 Å². The SMILES string of the molecule is O=C(NCCCc1nc2ccccc2[nH]1)NCc1ccc2c(c1)OCCO2. The van der Waals surface area contributed by atoms with Crippen LogP contribution in [0.2, 0.25) is 0 Å². The van der Waals surface area contributed by atoms with E-state index in [9.17, 15) is 4.79 Å². The highest BCUT2D eigenvalue weighted by atomic mass is 16.6. The fraction of sp³-hybridized carbons (Fsp3) is 0.300. The normalized spacial score (nSPS) is 12.7. The Labute approximate surface area is 157 Å². The number of hydrogen-bond acceptors (Lipinski definition) is 4. The van der Waals surface area contributed by atoms with Crippen LogP contribution in [0.3, 0.4) is 0 Å². The number of urea groups is 1. The van der Waals surface area contributed by atoms with Crippen LogP contribution in [-0.4, -0.2) is 35.8 Å². The minimum Gasteiger partial charge on any atom is -0.486 e. The average Bonchev–Trinajstić information content (AvgIpc) is 3.12. The van der Waals surface area contributed by atoms with Crippen LogP contribution >= 0.6 is 0 Å². The van der Waals surface area contributed by atoms with Gasteiger partial charge in [-0.25, -0.2) is 9.78 Å². The van der Waals surface area contributed by atoms with Gasteiger partial charge in [0.05, 0.1) is 11.0 Å². The quantitative estimate of drug-likeness (QED) is 0.585. The Morgan fingerprint density at radius 3 is 2.81 bits per heavy atom. The molecule has 4 rings (SSSR count). The van der Waals surface area contributed by atoms with Gasteiger partial charge in [-0.15, -0.1) is 0 Å². The number of aromatic nitrogens is 2. The van der Waals surface area contributed by atoms with Crippen LogP contribution in [0.25, 0.3) is 11.0 Å². The molecule has 3 aromatic rings. The Morgan fingerprint density at radius 2 is 1.93 bits per heavy atom. The molecule has 0 fully saturated rings. The molecular formula is C20H22N4O3. The molecule has 1 aromatic heterocycles. The van der Waals surface area contributed by atoms with Crippen LogP contribution in [0.1, 0.15) is 17.8 Å². The summed E-state index contributed by atoms with van der Waals surface area (Å²) in [5.41, 5.74) is 2.98. The first-order valence-corrected chi connectivity index (χ1v) is 9.12. The summed E-state index contributed by atoms with van der Waals surface area (Å²) in [7, 11) is 0. The van der Waals surface area contributed by atoms with Crippen LogP contribution in [0.15, 0.2) is 42.5 Å². The molecule has 0 saturated heterocycles. The smallest absolute Gasteiger partial charge is 0.315 e. The van der Waals surface area contributed by atoms with Crippen molar-refractivity contribution in [1.29, 1.82) is 0 Å². The molecule has 2 heterocycles. The van der Waals surface area contributed by atoms with E-state index in [1.807, 2.05) is 42.5 Å². The van der Waals surface area contributed by atoms with Crippen molar-refractivity contribution < 1.29 is 14.3 Å². The highest BCUT2D eigenvalue weighted by molar-refractivity contribution is 5.75. The first-order chi connectivity index (χ1) is 13.3. The molecule has 0 bridgehead atoms. The van der Waals surface area contributed by atoms with Gasteiger partial charge in [0.1, 0.15) is 19.0 Å². The molecular weight excluding hydrogens is 344 g/mol. The van der Waals surface area contributed by atoms with Crippen molar-refractivity contribution >= 4 is 17.1 Å². The number of carbonyl (C=O) groups is 1. The molecule has 0 atom stereocenters. The predicted octanol–water partition coefficient (Wildman–Crippen LogP) is 2.77. The maximum atomic E-state index is 12.0. The molecule has 27 heavy (non-hydrogen) atoms. The molecule has 0 spiro atoms. The standard InChI is InChI=1S/C20H22N4O3/c25-20(22-13-14-7-8-17-18(12-14)27-11-10-26-17)21-9-3-6-19-23-15-4-1-2-5-16(15)24-19/h1-2,4-5,7-8,12H,3,6,9-11,13H2,(H,23,24)(H2,21,22,25). The predicted molar refractivity (Wildman–Crippen MR) is 102 cm³/mol. The van der Waals surface area contributed by atoms with E-state index in [4.69, 9.17) is 9.47 Å². The molecule has 2 amide bonds. The number of fused-ring (bicyclic) bond motifs is 2. The second kappa shape index (κ2) is 7.99. The molecule has 1 aliphatic rings. The Morgan fingerprint density at radius 1 is 1.07 bits per heavy atom. The maximum Gasteiger partial charge on any atom is 0.315 e. The number of hydrogen-bond donors (Lipinski definition) is 3. The summed E-state index contributed by atoms with van der Waals surface area (Å²) < 4.78 is 11.0. The molecule has 1 aliphatic heterocycles. The zero-order valence-corrected chi connectivity index (χ0v) is 15.0. The van der Waals surface area contributed by atoms with Crippen LogP contribution in [0.5, 0.6) is 11.5 Å². The fourth-order valence-electron chi connectivity index (χ4n) is 3.02. The zero-order chi connectivity index (χ0) is 18.5. The van der Waals surface area contributed by atoms with E-state index in [0.29, 0.717) is 26.3 Å². The van der Waals surface area contributed by atoms with Gasteiger partial charge in [-0.2, -0.15) is 0 Å². The van der Waals surface area contributed by atoms with Crippen LogP contribution in [0.4, 0.5) is 4.79 Å². The Kier molecular flexibility index (Phi) is 5.09. The van der Waals surface area contributed by atoms with Crippen LogP contribution in [0, 0.1) is 0 Å². The van der Waals surface area contributed by atoms with Crippen molar-refractivity contribution in [2.24, 2.45) is 0 Å². The van der Waals surface area contributed by atoms with Crippen molar-refractivity contribution in [3.8, 4) is 11.5 Å². The van der Waals surface area contributed by atoms with Gasteiger partial charge < -0.3 is 25.1 Å². The van der Waals surface area contributed by atoms with E-state index in [-0.39, 0.29) is 6.03 Å². The molecule has 3 N–H and O–H groups in total. The molecule has 0 saturated carbocycles. The lowest BCUT2D eigenvalue weighted by atomic mass is 10.2. The number of carbonyl (C=O) groups excluding carboxylic acids is 1. The maximum absolute atomic E-state index is 12.0. The Hall–Kier alpha value is -3.22. The minimum absolute atomic E-state index is 0.186. The largest absolute Gasteiger partial charge is 0.486 e. The highest BCUT2D eigenvalue weighted by Crippen LogP contribution is 2.30. The van der Waals surface area contributed by atoms with E-state index in [2.05, 4.69) is 20.6 Å². The monoisotopic (exact) mass is 366 g/mol. The fourth-order valence-corrected chi connectivity index (χ4v) is 3.02. The van der Waals surface area contributed by atoms with Gasteiger partial charge in [-0.05, 0) is 36.2 Å². The second-order valence-corrected chi connectivity index (χ2v) is 6.39. The first-order valence-electron chi connectivity index (χ1n) is 9.12. The lowest BCUT2D eigenvalue weighted by molar-refractivity contribution is 0.171. The molecule has 0 aliphatic carbocycles. The van der Waals surface area contributed by atoms with Gasteiger partial charge >= 0.3 is 6.03 Å². The summed E-state index contributed by atoms with van der Waals surface area (Å²) in [5, 5.41) is 5.73. The first kappa shape index (κ1) is 17.2. The lowest BCUT2D eigenvalue weighted by Crippen LogP contribution is -2.35. The number of benzene rings is 2. The summed E-state index contributed by atoms with van der Waals surface area (Å²) in [6, 6.07) is 13.5. The third-order valence-electron chi connectivity index (χ3n) is 4.37. The number of imidazole rings is 1. The molecule has 7 heteroatoms. The van der Waals surface area contributed by atoms with E-state index in [0.717, 1.165) is 46.8 Å². The number of para-hydroxylation sites is 2. The number of aromatic amines is 1. The number of ether oxygens (including phenoxy) is 2. The molecule has 7 nitrogen and oxygen atoms in total. The number of nitrogens with zero attached hydrogens (tertiary/aromatic N) is 1. The van der Waals surface area contributed by atoms with Gasteiger partial charge in [-0.3, -0.25) is 0 Å². The number of nitrogens with one attached hydrogen (secondary N) is 3. The van der Waals surface area contributed by atoms with Gasteiger partial charge in [0.15, 0.2) is 11.5 Å².